The molecule has 0 spiro atoms. The first-order valence-electron chi connectivity index (χ1n) is 3.93. The number of ether oxygens (including phenoxy) is 1. The number of rotatable bonds is 2. The van der Waals surface area contributed by atoms with Crippen LogP contribution >= 0.6 is 0 Å². The lowest BCUT2D eigenvalue weighted by atomic mass is 10.1. The van der Waals surface area contributed by atoms with Gasteiger partial charge in [0.15, 0.2) is 5.88 Å². The van der Waals surface area contributed by atoms with Crippen molar-refractivity contribution < 1.29 is 9.84 Å². The van der Waals surface area contributed by atoms with Gasteiger partial charge < -0.3 is 27.0 Å². The third-order valence-electron chi connectivity index (χ3n) is 1.77. The maximum Gasteiger partial charge on any atom is 0.184 e. The molecule has 0 atom stereocenters. The van der Waals surface area contributed by atoms with E-state index in [0.29, 0.717) is 11.3 Å². The number of nitrogen functional groups attached to an aromatic ring is 2. The number of aromatic hydroxyl groups is 1. The molecule has 5 nitrogen and oxygen atoms in total. The van der Waals surface area contributed by atoms with Crippen LogP contribution in [0.15, 0.2) is 18.0 Å². The summed E-state index contributed by atoms with van der Waals surface area (Å²) in [6.45, 7) is 0. The van der Waals surface area contributed by atoms with Gasteiger partial charge in [0.25, 0.3) is 0 Å². The minimum absolute atomic E-state index is 0.0457. The van der Waals surface area contributed by atoms with Gasteiger partial charge in [0, 0.05) is 23.4 Å². The van der Waals surface area contributed by atoms with E-state index in [1.165, 1.54) is 25.3 Å². The number of benzene rings is 1. The Morgan fingerprint density at radius 3 is 2.57 bits per heavy atom. The lowest BCUT2D eigenvalue weighted by Gasteiger charge is -2.05. The molecule has 0 heterocycles. The van der Waals surface area contributed by atoms with Crippen molar-refractivity contribution in [2.24, 2.45) is 5.73 Å². The number of methoxy groups -OCH3 is 1. The van der Waals surface area contributed by atoms with E-state index >= 15 is 0 Å². The molecule has 0 unspecified atom stereocenters. The van der Waals surface area contributed by atoms with E-state index in [4.69, 9.17) is 21.9 Å². The highest BCUT2D eigenvalue weighted by molar-refractivity contribution is 5.73. The fourth-order valence-corrected chi connectivity index (χ4v) is 0.976. The van der Waals surface area contributed by atoms with Crippen LogP contribution in [0, 0.1) is 0 Å². The average molecular weight is 195 g/mol. The summed E-state index contributed by atoms with van der Waals surface area (Å²) < 4.78 is 4.76. The number of nitrogens with two attached hydrogens (primary N) is 3. The number of hydrogen-bond acceptors (Lipinski definition) is 5. The van der Waals surface area contributed by atoms with E-state index < -0.39 is 0 Å². The summed E-state index contributed by atoms with van der Waals surface area (Å²) >= 11 is 0. The fraction of sp³-hybridized carbons (Fsp3) is 0.111. The van der Waals surface area contributed by atoms with Crippen LogP contribution in [0.4, 0.5) is 11.4 Å². The topological polar surface area (TPSA) is 108 Å². The molecule has 0 aliphatic heterocycles. The number of phenols is 1. The molecule has 14 heavy (non-hydrogen) atoms. The normalized spacial score (nSPS) is 11.4. The molecular formula is C9H13N3O2. The molecule has 7 N–H and O–H groups in total. The Kier molecular flexibility index (Phi) is 2.71. The van der Waals surface area contributed by atoms with Crippen molar-refractivity contribution in [2.45, 2.75) is 0 Å². The van der Waals surface area contributed by atoms with Gasteiger partial charge in [-0.15, -0.1) is 0 Å². The van der Waals surface area contributed by atoms with Gasteiger partial charge in [0.05, 0.1) is 12.8 Å². The minimum Gasteiger partial charge on any atom is -0.506 e. The lowest BCUT2D eigenvalue weighted by Crippen LogP contribution is -2.00. The van der Waals surface area contributed by atoms with Crippen LogP contribution in [0.3, 0.4) is 0 Å². The standard InChI is InChI=1S/C9H13N3O2/c1-14-9(12)3-5-2-7(11)8(13)4-6(5)10/h2-4,13H,10-12H2,1H3/b9-3+. The summed E-state index contributed by atoms with van der Waals surface area (Å²) in [6, 6.07) is 2.89. The molecule has 1 rings (SSSR count). The van der Waals surface area contributed by atoms with Crippen LogP contribution in [0.1, 0.15) is 5.56 Å². The molecule has 1 aromatic carbocycles. The van der Waals surface area contributed by atoms with E-state index in [1.54, 1.807) is 0 Å². The molecule has 0 saturated carbocycles. The first kappa shape index (κ1) is 10.0. The van der Waals surface area contributed by atoms with Crippen molar-refractivity contribution in [3.05, 3.63) is 23.6 Å². The van der Waals surface area contributed by atoms with Crippen LogP contribution in [0.2, 0.25) is 0 Å². The Balaban J connectivity index is 3.16. The Hall–Kier alpha value is -2.04. The third kappa shape index (κ3) is 2.01. The van der Waals surface area contributed by atoms with Crippen molar-refractivity contribution >= 4 is 17.5 Å². The van der Waals surface area contributed by atoms with Gasteiger partial charge in [-0.05, 0) is 6.07 Å². The zero-order valence-corrected chi connectivity index (χ0v) is 7.82. The van der Waals surface area contributed by atoms with E-state index in [0.717, 1.165) is 0 Å². The van der Waals surface area contributed by atoms with Gasteiger partial charge in [-0.2, -0.15) is 0 Å². The highest BCUT2D eigenvalue weighted by Crippen LogP contribution is 2.27. The van der Waals surface area contributed by atoms with Crippen molar-refractivity contribution in [1.82, 2.24) is 0 Å². The summed E-state index contributed by atoms with van der Waals surface area (Å²) in [7, 11) is 1.45. The summed E-state index contributed by atoms with van der Waals surface area (Å²) in [4.78, 5) is 0. The number of hydrogen-bond donors (Lipinski definition) is 4. The fourth-order valence-electron chi connectivity index (χ4n) is 0.976. The Labute approximate surface area is 81.8 Å². The summed E-state index contributed by atoms with van der Waals surface area (Å²) in [5, 5.41) is 9.23. The van der Waals surface area contributed by atoms with Crippen LogP contribution in [0.5, 0.6) is 5.75 Å². The quantitative estimate of drug-likeness (QED) is 0.311. The smallest absolute Gasteiger partial charge is 0.184 e. The van der Waals surface area contributed by atoms with Gasteiger partial charge in [-0.25, -0.2) is 0 Å². The van der Waals surface area contributed by atoms with E-state index in [2.05, 4.69) is 0 Å². The molecule has 0 amide bonds. The minimum atomic E-state index is -0.0457. The van der Waals surface area contributed by atoms with E-state index in [-0.39, 0.29) is 17.3 Å². The van der Waals surface area contributed by atoms with E-state index in [9.17, 15) is 5.11 Å². The predicted molar refractivity (Wildman–Crippen MR) is 56.1 cm³/mol. The van der Waals surface area contributed by atoms with Gasteiger partial charge in [0.2, 0.25) is 0 Å². The second-order valence-corrected chi connectivity index (χ2v) is 2.79. The van der Waals surface area contributed by atoms with Gasteiger partial charge in [0.1, 0.15) is 5.75 Å². The molecular weight excluding hydrogens is 182 g/mol. The predicted octanol–water partition coefficient (Wildman–Crippen LogP) is 0.460. The molecule has 5 heteroatoms. The van der Waals surface area contributed by atoms with Crippen LogP contribution in [0.25, 0.3) is 6.08 Å². The molecule has 0 aliphatic carbocycles. The Bertz CT molecular complexity index is 375. The lowest BCUT2D eigenvalue weighted by molar-refractivity contribution is 0.291. The van der Waals surface area contributed by atoms with Gasteiger partial charge in [-0.1, -0.05) is 0 Å². The Morgan fingerprint density at radius 1 is 1.36 bits per heavy atom. The summed E-state index contributed by atoms with van der Waals surface area (Å²) in [5.74, 6) is 0.178. The van der Waals surface area contributed by atoms with Crippen LogP contribution in [-0.2, 0) is 4.74 Å². The highest BCUT2D eigenvalue weighted by atomic mass is 16.5. The molecule has 1 aromatic rings. The third-order valence-corrected chi connectivity index (χ3v) is 1.77. The second-order valence-electron chi connectivity index (χ2n) is 2.79. The maximum atomic E-state index is 9.23. The molecule has 0 aromatic heterocycles. The van der Waals surface area contributed by atoms with Crippen molar-refractivity contribution in [1.29, 1.82) is 0 Å². The molecule has 76 valence electrons. The zero-order valence-electron chi connectivity index (χ0n) is 7.82. The molecule has 0 radical (unpaired) electrons. The molecule has 0 aliphatic rings. The van der Waals surface area contributed by atoms with Crippen LogP contribution in [-0.4, -0.2) is 12.2 Å². The summed E-state index contributed by atoms with van der Waals surface area (Å²) in [6.07, 6.45) is 1.53. The maximum absolute atomic E-state index is 9.23. The van der Waals surface area contributed by atoms with Crippen molar-refractivity contribution in [2.75, 3.05) is 18.6 Å². The highest BCUT2D eigenvalue weighted by Gasteiger charge is 2.03. The zero-order chi connectivity index (χ0) is 10.7. The molecule has 0 bridgehead atoms. The van der Waals surface area contributed by atoms with Gasteiger partial charge in [-0.3, -0.25) is 0 Å². The monoisotopic (exact) mass is 195 g/mol. The first-order chi connectivity index (χ1) is 6.54. The van der Waals surface area contributed by atoms with Crippen molar-refractivity contribution in [3.8, 4) is 5.75 Å². The number of anilines is 2. The van der Waals surface area contributed by atoms with Crippen LogP contribution < -0.4 is 17.2 Å². The van der Waals surface area contributed by atoms with E-state index in [1.807, 2.05) is 0 Å². The summed E-state index contributed by atoms with van der Waals surface area (Å²) in [5.41, 5.74) is 17.8. The Morgan fingerprint density at radius 2 is 2.00 bits per heavy atom. The van der Waals surface area contributed by atoms with Gasteiger partial charge >= 0.3 is 0 Å². The molecule has 0 fully saturated rings. The largest absolute Gasteiger partial charge is 0.506 e. The number of phenolic OH excluding ortho intramolecular Hbond substituents is 1. The first-order valence-corrected chi connectivity index (χ1v) is 3.93. The van der Waals surface area contributed by atoms with Crippen molar-refractivity contribution in [3.63, 3.8) is 0 Å². The molecule has 0 saturated heterocycles. The average Bonchev–Trinajstić information content (AvgIpc) is 2.14. The SMILES string of the molecule is CO/C(N)=C/c1cc(N)c(O)cc1N. The second kappa shape index (κ2) is 3.78.